The fourth-order valence-electron chi connectivity index (χ4n) is 1.49. The lowest BCUT2D eigenvalue weighted by molar-refractivity contribution is 0.0696. The van der Waals surface area contributed by atoms with Crippen LogP contribution in [0.4, 0.5) is 0 Å². The largest absolute Gasteiger partial charge is 0.508 e. The van der Waals surface area contributed by atoms with Gasteiger partial charge in [0.15, 0.2) is 11.5 Å². The van der Waals surface area contributed by atoms with Gasteiger partial charge in [0, 0.05) is 0 Å². The Hall–Kier alpha value is -3.02. The molecule has 3 N–H and O–H groups in total. The highest BCUT2D eigenvalue weighted by Crippen LogP contribution is 2.27. The van der Waals surface area contributed by atoms with Gasteiger partial charge in [-0.2, -0.15) is 0 Å². The maximum atomic E-state index is 11.8. The zero-order chi connectivity index (χ0) is 14.7. The minimum atomic E-state index is -1.20. The Morgan fingerprint density at radius 2 is 1.50 bits per heavy atom. The van der Waals surface area contributed by atoms with Crippen LogP contribution in [0.15, 0.2) is 42.5 Å². The van der Waals surface area contributed by atoms with Crippen molar-refractivity contribution in [3.63, 3.8) is 0 Å². The number of carbonyl (C=O) groups excluding carboxylic acids is 1. The maximum absolute atomic E-state index is 11.8. The molecule has 0 aromatic heterocycles. The van der Waals surface area contributed by atoms with Crippen LogP contribution in [0.1, 0.15) is 20.7 Å². The lowest BCUT2D eigenvalue weighted by Crippen LogP contribution is -2.08. The second kappa shape index (κ2) is 5.31. The molecule has 0 spiro atoms. The summed E-state index contributed by atoms with van der Waals surface area (Å²) in [7, 11) is 0. The average Bonchev–Trinajstić information content (AvgIpc) is 2.41. The van der Waals surface area contributed by atoms with Crippen LogP contribution in [0.2, 0.25) is 0 Å². The van der Waals surface area contributed by atoms with Crippen molar-refractivity contribution in [2.75, 3.05) is 0 Å². The standard InChI is InChI=1S/C14H10O6/c15-10-4-1-8(2-5-10)14(19)20-12-6-3-9(13(17)18)7-11(12)16/h1-7,15-16H,(H,17,18). The average molecular weight is 274 g/mol. The Morgan fingerprint density at radius 1 is 0.900 bits per heavy atom. The van der Waals surface area contributed by atoms with Gasteiger partial charge in [0.2, 0.25) is 0 Å². The Morgan fingerprint density at radius 3 is 2.05 bits per heavy atom. The van der Waals surface area contributed by atoms with E-state index in [1.807, 2.05) is 0 Å². The summed E-state index contributed by atoms with van der Waals surface area (Å²) in [6.07, 6.45) is 0. The molecule has 0 aliphatic carbocycles. The van der Waals surface area contributed by atoms with Crippen LogP contribution >= 0.6 is 0 Å². The third-order valence-corrected chi connectivity index (χ3v) is 2.51. The number of carboxylic acids is 1. The first-order valence-corrected chi connectivity index (χ1v) is 5.55. The molecule has 0 saturated heterocycles. The van der Waals surface area contributed by atoms with E-state index in [1.165, 1.54) is 36.4 Å². The highest BCUT2D eigenvalue weighted by molar-refractivity contribution is 5.92. The molecule has 2 aromatic rings. The maximum Gasteiger partial charge on any atom is 0.343 e. The summed E-state index contributed by atoms with van der Waals surface area (Å²) < 4.78 is 4.94. The van der Waals surface area contributed by atoms with Gasteiger partial charge in [-0.15, -0.1) is 0 Å². The Balaban J connectivity index is 2.19. The van der Waals surface area contributed by atoms with E-state index in [2.05, 4.69) is 0 Å². The first kappa shape index (κ1) is 13.4. The zero-order valence-corrected chi connectivity index (χ0v) is 10.1. The van der Waals surface area contributed by atoms with Gasteiger partial charge in [-0.05, 0) is 42.5 Å². The molecule has 102 valence electrons. The monoisotopic (exact) mass is 274 g/mol. The van der Waals surface area contributed by atoms with E-state index in [9.17, 15) is 14.7 Å². The van der Waals surface area contributed by atoms with Crippen LogP contribution in [-0.2, 0) is 0 Å². The van der Waals surface area contributed by atoms with Crippen LogP contribution < -0.4 is 4.74 Å². The van der Waals surface area contributed by atoms with E-state index in [0.717, 1.165) is 6.07 Å². The molecule has 2 aromatic carbocycles. The van der Waals surface area contributed by atoms with Crippen molar-refractivity contribution >= 4 is 11.9 Å². The van der Waals surface area contributed by atoms with Crippen molar-refractivity contribution in [1.82, 2.24) is 0 Å². The van der Waals surface area contributed by atoms with E-state index in [1.54, 1.807) is 0 Å². The number of carboxylic acid groups (broad SMARTS) is 1. The highest BCUT2D eigenvalue weighted by Gasteiger charge is 2.13. The van der Waals surface area contributed by atoms with Crippen molar-refractivity contribution in [3.05, 3.63) is 53.6 Å². The number of carbonyl (C=O) groups is 2. The second-order valence-corrected chi connectivity index (χ2v) is 3.92. The molecule has 0 amide bonds. The number of ether oxygens (including phenoxy) is 1. The SMILES string of the molecule is O=C(O)c1ccc(OC(=O)c2ccc(O)cc2)c(O)c1. The third-order valence-electron chi connectivity index (χ3n) is 2.51. The number of hydrogen-bond acceptors (Lipinski definition) is 5. The summed E-state index contributed by atoms with van der Waals surface area (Å²) in [5.41, 5.74) is 0.0662. The smallest absolute Gasteiger partial charge is 0.343 e. The van der Waals surface area contributed by atoms with Gasteiger partial charge in [-0.3, -0.25) is 0 Å². The first-order valence-electron chi connectivity index (χ1n) is 5.55. The molecule has 0 aliphatic rings. The third kappa shape index (κ3) is 2.86. The van der Waals surface area contributed by atoms with E-state index >= 15 is 0 Å². The van der Waals surface area contributed by atoms with Crippen LogP contribution in [0.3, 0.4) is 0 Å². The molecule has 0 radical (unpaired) electrons. The molecule has 6 heteroatoms. The predicted molar refractivity (Wildman–Crippen MR) is 68.1 cm³/mol. The van der Waals surface area contributed by atoms with E-state index < -0.39 is 17.7 Å². The molecule has 0 saturated carbocycles. The number of benzene rings is 2. The molecule has 6 nitrogen and oxygen atoms in total. The normalized spacial score (nSPS) is 10.0. The number of phenols is 2. The van der Waals surface area contributed by atoms with Crippen LogP contribution in [0.5, 0.6) is 17.2 Å². The van der Waals surface area contributed by atoms with E-state index in [4.69, 9.17) is 14.9 Å². The summed E-state index contributed by atoms with van der Waals surface area (Å²) in [5, 5.41) is 27.5. The quantitative estimate of drug-likeness (QED) is 0.584. The van der Waals surface area contributed by atoms with Crippen LogP contribution in [0, 0.1) is 0 Å². The van der Waals surface area contributed by atoms with Gasteiger partial charge >= 0.3 is 11.9 Å². The number of rotatable bonds is 3. The Kier molecular flexibility index (Phi) is 3.56. The van der Waals surface area contributed by atoms with Crippen molar-refractivity contribution in [2.45, 2.75) is 0 Å². The zero-order valence-electron chi connectivity index (χ0n) is 10.1. The van der Waals surface area contributed by atoms with Crippen molar-refractivity contribution < 1.29 is 29.6 Å². The van der Waals surface area contributed by atoms with Gasteiger partial charge in [0.05, 0.1) is 11.1 Å². The molecule has 0 atom stereocenters. The van der Waals surface area contributed by atoms with Gasteiger partial charge in [0.25, 0.3) is 0 Å². The van der Waals surface area contributed by atoms with E-state index in [-0.39, 0.29) is 22.6 Å². The number of aromatic carboxylic acids is 1. The lowest BCUT2D eigenvalue weighted by Gasteiger charge is -2.07. The summed E-state index contributed by atoms with van der Waals surface area (Å²) in [5.74, 6) is -2.51. The number of hydrogen-bond donors (Lipinski definition) is 3. The lowest BCUT2D eigenvalue weighted by atomic mass is 10.2. The minimum Gasteiger partial charge on any atom is -0.508 e. The number of aromatic hydroxyl groups is 2. The predicted octanol–water partition coefficient (Wildman–Crippen LogP) is 2.02. The Bertz CT molecular complexity index is 660. The minimum absolute atomic E-state index is 0.00945. The topological polar surface area (TPSA) is 104 Å². The molecular weight excluding hydrogens is 264 g/mol. The van der Waals surface area contributed by atoms with Crippen molar-refractivity contribution in [1.29, 1.82) is 0 Å². The molecular formula is C14H10O6. The van der Waals surface area contributed by atoms with Crippen molar-refractivity contribution in [3.8, 4) is 17.2 Å². The summed E-state index contributed by atoms with van der Waals surface area (Å²) in [6.45, 7) is 0. The fraction of sp³-hybridized carbons (Fsp3) is 0. The summed E-state index contributed by atoms with van der Waals surface area (Å²) in [6, 6.07) is 8.76. The van der Waals surface area contributed by atoms with Gasteiger partial charge in [-0.25, -0.2) is 9.59 Å². The summed E-state index contributed by atoms with van der Waals surface area (Å²) in [4.78, 5) is 22.5. The van der Waals surface area contributed by atoms with Gasteiger partial charge in [0.1, 0.15) is 5.75 Å². The van der Waals surface area contributed by atoms with Gasteiger partial charge < -0.3 is 20.1 Å². The van der Waals surface area contributed by atoms with Crippen molar-refractivity contribution in [2.24, 2.45) is 0 Å². The van der Waals surface area contributed by atoms with Gasteiger partial charge in [-0.1, -0.05) is 0 Å². The van der Waals surface area contributed by atoms with Crippen LogP contribution in [0.25, 0.3) is 0 Å². The molecule has 2 rings (SSSR count). The number of phenolic OH excluding ortho intramolecular Hbond substituents is 2. The number of esters is 1. The molecule has 0 heterocycles. The molecule has 0 bridgehead atoms. The Labute approximate surface area is 113 Å². The fourth-order valence-corrected chi connectivity index (χ4v) is 1.49. The molecule has 0 fully saturated rings. The first-order chi connectivity index (χ1) is 9.47. The molecule has 0 unspecified atom stereocenters. The highest BCUT2D eigenvalue weighted by atomic mass is 16.5. The molecule has 20 heavy (non-hydrogen) atoms. The van der Waals surface area contributed by atoms with E-state index in [0.29, 0.717) is 0 Å². The summed E-state index contributed by atoms with van der Waals surface area (Å²) >= 11 is 0. The van der Waals surface area contributed by atoms with Crippen LogP contribution in [-0.4, -0.2) is 27.3 Å². The second-order valence-electron chi connectivity index (χ2n) is 3.92. The molecule has 0 aliphatic heterocycles.